The molecule has 1 amide bonds. The number of hydrogen-bond acceptors (Lipinski definition) is 5. The van der Waals surface area contributed by atoms with E-state index in [2.05, 4.69) is 0 Å². The Morgan fingerprint density at radius 1 is 1.50 bits per heavy atom. The largest absolute Gasteiger partial charge is 0.444 e. The second kappa shape index (κ2) is 4.90. The monoisotopic (exact) mass is 300 g/mol. The first-order valence-electron chi connectivity index (χ1n) is 5.95. The first-order chi connectivity index (χ1) is 9.23. The summed E-state index contributed by atoms with van der Waals surface area (Å²) in [5.74, 6) is -1.06. The molecule has 6 nitrogen and oxygen atoms in total. The topological polar surface area (TPSA) is 91.4 Å². The highest BCUT2D eigenvalue weighted by molar-refractivity contribution is 7.86. The van der Waals surface area contributed by atoms with Gasteiger partial charge in [0.05, 0.1) is 5.75 Å². The van der Waals surface area contributed by atoms with Crippen molar-refractivity contribution in [1.82, 2.24) is 0 Å². The van der Waals surface area contributed by atoms with Crippen molar-refractivity contribution in [2.24, 2.45) is 5.92 Å². The summed E-state index contributed by atoms with van der Waals surface area (Å²) in [6.07, 6.45) is -0.0766. The predicted molar refractivity (Wildman–Crippen MR) is 68.3 cm³/mol. The van der Waals surface area contributed by atoms with Gasteiger partial charge in [-0.15, -0.1) is 3.89 Å². The Bertz CT molecular complexity index is 702. The van der Waals surface area contributed by atoms with E-state index < -0.39 is 21.9 Å². The van der Waals surface area contributed by atoms with Gasteiger partial charge in [-0.25, -0.2) is 0 Å². The van der Waals surface area contributed by atoms with Gasteiger partial charge in [0.25, 0.3) is 0 Å². The van der Waals surface area contributed by atoms with E-state index in [1.165, 1.54) is 4.90 Å². The molecule has 20 heavy (non-hydrogen) atoms. The Kier molecular flexibility index (Phi) is 3.56. The van der Waals surface area contributed by atoms with E-state index in [0.717, 1.165) is 0 Å². The quantitative estimate of drug-likeness (QED) is 0.787. The van der Waals surface area contributed by atoms with E-state index in [9.17, 15) is 17.1 Å². The van der Waals surface area contributed by atoms with E-state index in [4.69, 9.17) is 9.68 Å². The van der Waals surface area contributed by atoms with Crippen molar-refractivity contribution in [2.45, 2.75) is 20.3 Å². The lowest BCUT2D eigenvalue weighted by molar-refractivity contribution is -0.117. The molecule has 1 saturated heterocycles. The predicted octanol–water partition coefficient (Wildman–Crippen LogP) is 1.42. The molecule has 0 aliphatic carbocycles. The van der Waals surface area contributed by atoms with E-state index in [0.29, 0.717) is 11.3 Å². The minimum Gasteiger partial charge on any atom is -0.444 e. The molecule has 8 heteroatoms. The van der Waals surface area contributed by atoms with Crippen molar-refractivity contribution < 1.29 is 21.5 Å². The maximum atomic E-state index is 12.7. The van der Waals surface area contributed by atoms with Crippen molar-refractivity contribution in [1.29, 1.82) is 5.26 Å². The van der Waals surface area contributed by atoms with Crippen LogP contribution in [0.25, 0.3) is 0 Å². The first-order valence-corrected chi connectivity index (χ1v) is 7.51. The molecule has 0 spiro atoms. The van der Waals surface area contributed by atoms with Crippen LogP contribution in [-0.4, -0.2) is 26.6 Å². The van der Waals surface area contributed by atoms with E-state index >= 15 is 0 Å². The molecular formula is C12H13FN2O4S. The SMILES string of the molecule is Cc1oc(N2CC(CS(=O)(=O)F)CC2=O)c(C#N)c1C. The van der Waals surface area contributed by atoms with E-state index in [-0.39, 0.29) is 30.3 Å². The number of anilines is 1. The third-order valence-electron chi connectivity index (χ3n) is 3.36. The zero-order valence-corrected chi connectivity index (χ0v) is 11.8. The van der Waals surface area contributed by atoms with Gasteiger partial charge in [0.15, 0.2) is 0 Å². The number of furan rings is 1. The van der Waals surface area contributed by atoms with Gasteiger partial charge >= 0.3 is 10.2 Å². The molecular weight excluding hydrogens is 287 g/mol. The minimum atomic E-state index is -4.63. The van der Waals surface area contributed by atoms with Crippen molar-refractivity contribution in [3.63, 3.8) is 0 Å². The number of amides is 1. The molecule has 1 aromatic heterocycles. The van der Waals surface area contributed by atoms with Gasteiger partial charge < -0.3 is 4.42 Å². The van der Waals surface area contributed by atoms with Crippen molar-refractivity contribution in [3.8, 4) is 6.07 Å². The summed E-state index contributed by atoms with van der Waals surface area (Å²) in [6.45, 7) is 3.40. The maximum absolute atomic E-state index is 12.7. The lowest BCUT2D eigenvalue weighted by Crippen LogP contribution is -2.25. The number of hydrogen-bond donors (Lipinski definition) is 0. The third-order valence-corrected chi connectivity index (χ3v) is 4.23. The Morgan fingerprint density at radius 3 is 2.70 bits per heavy atom. The summed E-state index contributed by atoms with van der Waals surface area (Å²) >= 11 is 0. The summed E-state index contributed by atoms with van der Waals surface area (Å²) in [6, 6.07) is 1.97. The van der Waals surface area contributed by atoms with Crippen LogP contribution in [0.4, 0.5) is 9.77 Å². The maximum Gasteiger partial charge on any atom is 0.302 e. The molecule has 1 aliphatic heterocycles. The number of rotatable bonds is 3. The average Bonchev–Trinajstić information content (AvgIpc) is 2.79. The van der Waals surface area contributed by atoms with E-state index in [1.807, 2.05) is 6.07 Å². The van der Waals surface area contributed by atoms with Crippen molar-refractivity contribution in [2.75, 3.05) is 17.2 Å². The lowest BCUT2D eigenvalue weighted by atomic mass is 10.1. The molecule has 2 heterocycles. The fourth-order valence-electron chi connectivity index (χ4n) is 2.30. The van der Waals surface area contributed by atoms with Crippen LogP contribution < -0.4 is 4.90 Å². The molecule has 0 N–H and O–H groups in total. The molecule has 1 aromatic rings. The Balaban J connectivity index is 2.29. The molecule has 0 bridgehead atoms. The van der Waals surface area contributed by atoms with Gasteiger partial charge in [-0.05, 0) is 13.8 Å². The lowest BCUT2D eigenvalue weighted by Gasteiger charge is -2.13. The molecule has 0 radical (unpaired) electrons. The summed E-state index contributed by atoms with van der Waals surface area (Å²) in [5.41, 5.74) is 0.886. The highest BCUT2D eigenvalue weighted by atomic mass is 32.3. The number of carbonyl (C=O) groups excluding carboxylic acids is 1. The van der Waals surface area contributed by atoms with Crippen LogP contribution in [0.1, 0.15) is 23.3 Å². The van der Waals surface area contributed by atoms with Gasteiger partial charge in [-0.3, -0.25) is 9.69 Å². The number of halogens is 1. The van der Waals surface area contributed by atoms with Gasteiger partial charge in [-0.1, -0.05) is 0 Å². The molecule has 0 saturated carbocycles. The zero-order chi connectivity index (χ0) is 15.1. The molecule has 2 rings (SSSR count). The molecule has 0 aromatic carbocycles. The molecule has 1 atom stereocenters. The fraction of sp³-hybridized carbons (Fsp3) is 0.500. The Labute approximate surface area is 116 Å². The van der Waals surface area contributed by atoms with Crippen molar-refractivity contribution in [3.05, 3.63) is 16.9 Å². The fourth-order valence-corrected chi connectivity index (χ4v) is 3.09. The van der Waals surface area contributed by atoms with Gasteiger partial charge in [0.2, 0.25) is 11.8 Å². The van der Waals surface area contributed by atoms with Crippen LogP contribution in [0.3, 0.4) is 0 Å². The number of nitrogens with zero attached hydrogens (tertiary/aromatic N) is 2. The summed E-state index contributed by atoms with van der Waals surface area (Å²) in [5, 5.41) is 9.11. The van der Waals surface area contributed by atoms with Gasteiger partial charge in [-0.2, -0.15) is 13.7 Å². The molecule has 1 aliphatic rings. The van der Waals surface area contributed by atoms with Crippen LogP contribution in [0, 0.1) is 31.1 Å². The molecule has 108 valence electrons. The van der Waals surface area contributed by atoms with E-state index in [1.54, 1.807) is 13.8 Å². The summed E-state index contributed by atoms with van der Waals surface area (Å²) in [4.78, 5) is 13.1. The van der Waals surface area contributed by atoms with Crippen LogP contribution in [-0.2, 0) is 15.0 Å². The van der Waals surface area contributed by atoms with Crippen LogP contribution in [0.2, 0.25) is 0 Å². The molecule has 1 fully saturated rings. The highest BCUT2D eigenvalue weighted by Gasteiger charge is 2.37. The molecule has 1 unspecified atom stereocenters. The van der Waals surface area contributed by atoms with Gasteiger partial charge in [0.1, 0.15) is 17.4 Å². The van der Waals surface area contributed by atoms with Crippen LogP contribution >= 0.6 is 0 Å². The second-order valence-corrected chi connectivity index (χ2v) is 6.27. The second-order valence-electron chi connectivity index (χ2n) is 4.86. The summed E-state index contributed by atoms with van der Waals surface area (Å²) in [7, 11) is -4.63. The van der Waals surface area contributed by atoms with Gasteiger partial charge in [0, 0.05) is 24.4 Å². The Hall–Kier alpha value is -1.88. The number of nitriles is 1. The number of aryl methyl sites for hydroxylation is 1. The van der Waals surface area contributed by atoms with Crippen molar-refractivity contribution >= 4 is 22.0 Å². The third kappa shape index (κ3) is 2.67. The smallest absolute Gasteiger partial charge is 0.302 e. The van der Waals surface area contributed by atoms with Crippen LogP contribution in [0.5, 0.6) is 0 Å². The normalized spacial score (nSPS) is 19.4. The Morgan fingerprint density at radius 2 is 2.15 bits per heavy atom. The minimum absolute atomic E-state index is 0.0308. The average molecular weight is 300 g/mol. The summed E-state index contributed by atoms with van der Waals surface area (Å²) < 4.78 is 39.4. The number of carbonyl (C=O) groups is 1. The highest BCUT2D eigenvalue weighted by Crippen LogP contribution is 2.33. The first kappa shape index (κ1) is 14.5. The van der Waals surface area contributed by atoms with Crippen LogP contribution in [0.15, 0.2) is 4.42 Å². The standard InChI is InChI=1S/C12H13FN2O4S/c1-7-8(2)19-12(10(7)4-14)15-5-9(3-11(15)16)6-20(13,17)18/h9H,3,5-6H2,1-2H3. The zero-order valence-electron chi connectivity index (χ0n) is 11.0.